The first kappa shape index (κ1) is 15.7. The van der Waals surface area contributed by atoms with Crippen LogP contribution < -0.4 is 10.6 Å². The fraction of sp³-hybridized carbons (Fsp3) is 0.105. The Morgan fingerprint density at radius 2 is 1.75 bits per heavy atom. The molecule has 0 bridgehead atoms. The quantitative estimate of drug-likeness (QED) is 0.733. The third-order valence-electron chi connectivity index (χ3n) is 3.51. The van der Waals surface area contributed by atoms with Gasteiger partial charge in [0.05, 0.1) is 0 Å². The van der Waals surface area contributed by atoms with E-state index in [2.05, 4.69) is 20.6 Å². The summed E-state index contributed by atoms with van der Waals surface area (Å²) in [5, 5.41) is 6.11. The highest BCUT2D eigenvalue weighted by Crippen LogP contribution is 2.09. The highest BCUT2D eigenvalue weighted by Gasteiger charge is 2.06. The maximum absolute atomic E-state index is 12.3. The van der Waals surface area contributed by atoms with Gasteiger partial charge in [-0.25, -0.2) is 4.98 Å². The van der Waals surface area contributed by atoms with E-state index in [9.17, 15) is 4.79 Å². The molecule has 0 unspecified atom stereocenters. The first-order valence-corrected chi connectivity index (χ1v) is 7.72. The highest BCUT2D eigenvalue weighted by atomic mass is 16.1. The van der Waals surface area contributed by atoms with Crippen LogP contribution in [0, 0.1) is 0 Å². The van der Waals surface area contributed by atoms with Gasteiger partial charge in [0.1, 0.15) is 5.82 Å². The van der Waals surface area contributed by atoms with Gasteiger partial charge in [0.25, 0.3) is 5.91 Å². The highest BCUT2D eigenvalue weighted by molar-refractivity contribution is 5.94. The van der Waals surface area contributed by atoms with E-state index in [0.29, 0.717) is 24.5 Å². The topological polar surface area (TPSA) is 66.9 Å². The van der Waals surface area contributed by atoms with Crippen molar-refractivity contribution in [3.8, 4) is 0 Å². The molecule has 2 aromatic heterocycles. The number of anilines is 1. The summed E-state index contributed by atoms with van der Waals surface area (Å²) < 4.78 is 0. The van der Waals surface area contributed by atoms with Crippen molar-refractivity contribution < 1.29 is 4.79 Å². The molecule has 24 heavy (non-hydrogen) atoms. The average Bonchev–Trinajstić information content (AvgIpc) is 2.66. The number of carbonyl (C=O) groups excluding carboxylic acids is 1. The SMILES string of the molecule is O=C(NCc1ccccc1)c1ccnc(NCc2cccnc2)c1. The van der Waals surface area contributed by atoms with Crippen LogP contribution in [0.15, 0.2) is 73.2 Å². The molecular formula is C19H18N4O. The van der Waals surface area contributed by atoms with Crippen LogP contribution in [0.5, 0.6) is 0 Å². The zero-order valence-electron chi connectivity index (χ0n) is 13.1. The second-order valence-corrected chi connectivity index (χ2v) is 5.31. The van der Waals surface area contributed by atoms with Crippen LogP contribution in [-0.2, 0) is 13.1 Å². The fourth-order valence-electron chi connectivity index (χ4n) is 2.24. The molecule has 0 saturated heterocycles. The van der Waals surface area contributed by atoms with E-state index >= 15 is 0 Å². The van der Waals surface area contributed by atoms with E-state index in [1.807, 2.05) is 42.5 Å². The minimum atomic E-state index is -0.120. The molecule has 0 aliphatic carbocycles. The zero-order valence-corrected chi connectivity index (χ0v) is 13.1. The van der Waals surface area contributed by atoms with E-state index in [1.165, 1.54) is 0 Å². The van der Waals surface area contributed by atoms with Crippen LogP contribution in [0.4, 0.5) is 5.82 Å². The van der Waals surface area contributed by atoms with Crippen molar-refractivity contribution in [2.75, 3.05) is 5.32 Å². The number of hydrogen-bond donors (Lipinski definition) is 2. The summed E-state index contributed by atoms with van der Waals surface area (Å²) in [7, 11) is 0. The molecule has 2 heterocycles. The third-order valence-corrected chi connectivity index (χ3v) is 3.51. The van der Waals surface area contributed by atoms with Gasteiger partial charge in [-0.2, -0.15) is 0 Å². The molecular weight excluding hydrogens is 300 g/mol. The lowest BCUT2D eigenvalue weighted by molar-refractivity contribution is 0.0951. The van der Waals surface area contributed by atoms with Gasteiger partial charge in [-0.1, -0.05) is 36.4 Å². The Morgan fingerprint density at radius 1 is 0.917 bits per heavy atom. The third kappa shape index (κ3) is 4.39. The predicted molar refractivity (Wildman–Crippen MR) is 93.4 cm³/mol. The van der Waals surface area contributed by atoms with Gasteiger partial charge in [0.15, 0.2) is 0 Å². The fourth-order valence-corrected chi connectivity index (χ4v) is 2.24. The molecule has 0 fully saturated rings. The van der Waals surface area contributed by atoms with Crippen molar-refractivity contribution in [1.29, 1.82) is 0 Å². The van der Waals surface area contributed by atoms with Crippen LogP contribution >= 0.6 is 0 Å². The number of pyridine rings is 2. The van der Waals surface area contributed by atoms with Gasteiger partial charge in [0, 0.05) is 37.2 Å². The molecule has 1 amide bonds. The number of hydrogen-bond acceptors (Lipinski definition) is 4. The summed E-state index contributed by atoms with van der Waals surface area (Å²) in [5.74, 6) is 0.539. The molecule has 0 aliphatic heterocycles. The first-order valence-electron chi connectivity index (χ1n) is 7.72. The summed E-state index contributed by atoms with van der Waals surface area (Å²) in [6.07, 6.45) is 5.16. The van der Waals surface area contributed by atoms with Crippen LogP contribution in [0.1, 0.15) is 21.5 Å². The number of nitrogens with zero attached hydrogens (tertiary/aromatic N) is 2. The first-order chi connectivity index (χ1) is 11.8. The number of amides is 1. The van der Waals surface area contributed by atoms with Crippen LogP contribution in [0.25, 0.3) is 0 Å². The van der Waals surface area contributed by atoms with Crippen LogP contribution in [0.2, 0.25) is 0 Å². The Morgan fingerprint density at radius 3 is 2.54 bits per heavy atom. The molecule has 0 radical (unpaired) electrons. The Hall–Kier alpha value is -3.21. The Labute approximate surface area is 140 Å². The molecule has 3 rings (SSSR count). The maximum atomic E-state index is 12.3. The minimum Gasteiger partial charge on any atom is -0.366 e. The van der Waals surface area contributed by atoms with E-state index in [-0.39, 0.29) is 5.91 Å². The number of benzene rings is 1. The summed E-state index contributed by atoms with van der Waals surface area (Å²) >= 11 is 0. The monoisotopic (exact) mass is 318 g/mol. The molecule has 0 saturated carbocycles. The molecule has 2 N–H and O–H groups in total. The second kappa shape index (κ2) is 7.87. The summed E-state index contributed by atoms with van der Waals surface area (Å²) in [6, 6.07) is 17.1. The Bertz CT molecular complexity index is 791. The Kier molecular flexibility index (Phi) is 5.14. The summed E-state index contributed by atoms with van der Waals surface area (Å²) in [4.78, 5) is 20.6. The smallest absolute Gasteiger partial charge is 0.251 e. The van der Waals surface area contributed by atoms with Crippen molar-refractivity contribution in [2.24, 2.45) is 0 Å². The molecule has 0 aliphatic rings. The normalized spacial score (nSPS) is 10.2. The van der Waals surface area contributed by atoms with E-state index in [0.717, 1.165) is 11.1 Å². The lowest BCUT2D eigenvalue weighted by Crippen LogP contribution is -2.22. The van der Waals surface area contributed by atoms with Crippen molar-refractivity contribution in [3.63, 3.8) is 0 Å². The molecule has 0 atom stereocenters. The van der Waals surface area contributed by atoms with Gasteiger partial charge in [-0.05, 0) is 29.3 Å². The molecule has 3 aromatic rings. The summed E-state index contributed by atoms with van der Waals surface area (Å²) in [5.41, 5.74) is 2.70. The van der Waals surface area contributed by atoms with Gasteiger partial charge < -0.3 is 10.6 Å². The van der Waals surface area contributed by atoms with Gasteiger partial charge in [0.2, 0.25) is 0 Å². The number of aromatic nitrogens is 2. The lowest BCUT2D eigenvalue weighted by Gasteiger charge is -2.08. The van der Waals surface area contributed by atoms with Gasteiger partial charge in [-0.3, -0.25) is 9.78 Å². The minimum absolute atomic E-state index is 0.120. The van der Waals surface area contributed by atoms with Crippen LogP contribution in [0.3, 0.4) is 0 Å². The standard InChI is InChI=1S/C19H18N4O/c24-19(23-13-15-5-2-1-3-6-15)17-8-10-21-18(11-17)22-14-16-7-4-9-20-12-16/h1-12H,13-14H2,(H,21,22)(H,23,24). The maximum Gasteiger partial charge on any atom is 0.251 e. The van der Waals surface area contributed by atoms with Crippen molar-refractivity contribution >= 4 is 11.7 Å². The molecule has 5 nitrogen and oxygen atoms in total. The van der Waals surface area contributed by atoms with Crippen molar-refractivity contribution in [3.05, 3.63) is 89.9 Å². The largest absolute Gasteiger partial charge is 0.366 e. The van der Waals surface area contributed by atoms with E-state index in [1.54, 1.807) is 30.7 Å². The molecule has 5 heteroatoms. The van der Waals surface area contributed by atoms with Crippen molar-refractivity contribution in [1.82, 2.24) is 15.3 Å². The molecule has 0 spiro atoms. The van der Waals surface area contributed by atoms with Gasteiger partial charge >= 0.3 is 0 Å². The predicted octanol–water partition coefficient (Wildman–Crippen LogP) is 3.02. The number of carbonyl (C=O) groups is 1. The number of rotatable bonds is 6. The van der Waals surface area contributed by atoms with Crippen molar-refractivity contribution in [2.45, 2.75) is 13.1 Å². The van der Waals surface area contributed by atoms with E-state index in [4.69, 9.17) is 0 Å². The van der Waals surface area contributed by atoms with Gasteiger partial charge in [-0.15, -0.1) is 0 Å². The molecule has 120 valence electrons. The average molecular weight is 318 g/mol. The lowest BCUT2D eigenvalue weighted by atomic mass is 10.2. The zero-order chi connectivity index (χ0) is 16.6. The van der Waals surface area contributed by atoms with E-state index < -0.39 is 0 Å². The van der Waals surface area contributed by atoms with Crippen LogP contribution in [-0.4, -0.2) is 15.9 Å². The Balaban J connectivity index is 1.59. The molecule has 1 aromatic carbocycles. The summed E-state index contributed by atoms with van der Waals surface area (Å²) in [6.45, 7) is 1.11. The second-order valence-electron chi connectivity index (χ2n) is 5.31. The number of nitrogens with one attached hydrogen (secondary N) is 2.